The maximum atomic E-state index is 2.41. The minimum atomic E-state index is 0.579. The van der Waals surface area contributed by atoms with Crippen molar-refractivity contribution in [2.75, 3.05) is 0 Å². The van der Waals surface area contributed by atoms with Gasteiger partial charge in [-0.2, -0.15) is 0 Å². The molecule has 3 aliphatic carbocycles. The molecule has 0 heteroatoms. The minimum Gasteiger partial charge on any atom is -0.0599 e. The summed E-state index contributed by atoms with van der Waals surface area (Å²) in [5.74, 6) is 3.28. The highest BCUT2D eigenvalue weighted by Crippen LogP contribution is 2.54. The van der Waals surface area contributed by atoms with Crippen LogP contribution in [0.3, 0.4) is 0 Å². The Balaban J connectivity index is 2.03. The Kier molecular flexibility index (Phi) is 1.56. The lowest BCUT2D eigenvalue weighted by Crippen LogP contribution is -2.41. The van der Waals surface area contributed by atoms with Crippen LogP contribution in [0.2, 0.25) is 0 Å². The molecule has 0 aromatic heterocycles. The summed E-state index contributed by atoms with van der Waals surface area (Å²) in [6.45, 7) is 7.24. The molecule has 3 fully saturated rings. The molecular formula is C11H20. The lowest BCUT2D eigenvalue weighted by atomic mass is 9.54. The van der Waals surface area contributed by atoms with Crippen molar-refractivity contribution in [2.24, 2.45) is 23.2 Å². The fraction of sp³-hybridized carbons (Fsp3) is 1.00. The first kappa shape index (κ1) is 7.64. The smallest absolute Gasteiger partial charge is 0.0337 e. The average molecular weight is 152 g/mol. The summed E-state index contributed by atoms with van der Waals surface area (Å²) in [7, 11) is 0. The molecule has 0 N–H and O–H groups in total. The number of fused-ring (bicyclic) bond motifs is 2. The van der Waals surface area contributed by atoms with E-state index < -0.39 is 0 Å². The third-order valence-corrected chi connectivity index (χ3v) is 3.84. The van der Waals surface area contributed by atoms with Crippen LogP contribution in [-0.4, -0.2) is 0 Å². The van der Waals surface area contributed by atoms with E-state index in [0.717, 1.165) is 17.8 Å². The van der Waals surface area contributed by atoms with Crippen molar-refractivity contribution >= 4 is 0 Å². The summed E-state index contributed by atoms with van der Waals surface area (Å²) in [4.78, 5) is 0. The van der Waals surface area contributed by atoms with Crippen LogP contribution in [0.5, 0.6) is 0 Å². The quantitative estimate of drug-likeness (QED) is 0.498. The van der Waals surface area contributed by atoms with Gasteiger partial charge in [-0.1, -0.05) is 27.2 Å². The largest absolute Gasteiger partial charge is 0.0599 e. The number of rotatable bonds is 0. The lowest BCUT2D eigenvalue weighted by molar-refractivity contribution is -0.00988. The summed E-state index contributed by atoms with van der Waals surface area (Å²) < 4.78 is 0. The van der Waals surface area contributed by atoms with E-state index in [9.17, 15) is 0 Å². The predicted molar refractivity (Wildman–Crippen MR) is 48.4 cm³/mol. The Labute approximate surface area is 70.4 Å². The van der Waals surface area contributed by atoms with Crippen molar-refractivity contribution in [3.05, 3.63) is 0 Å². The fourth-order valence-corrected chi connectivity index (χ4v) is 3.14. The van der Waals surface area contributed by atoms with Gasteiger partial charge in [-0.15, -0.1) is 0 Å². The third kappa shape index (κ3) is 1.21. The van der Waals surface area contributed by atoms with E-state index in [1.807, 2.05) is 0 Å². The third-order valence-electron chi connectivity index (χ3n) is 3.84. The molecule has 0 nitrogen and oxygen atoms in total. The normalized spacial score (nSPS) is 43.4. The fourth-order valence-electron chi connectivity index (χ4n) is 3.14. The van der Waals surface area contributed by atoms with Crippen molar-refractivity contribution in [1.29, 1.82) is 0 Å². The second-order valence-corrected chi connectivity index (χ2v) is 5.65. The standard InChI is InChI=1S/C11H20/c1-11(2,3)10-5-4-8-6-9(10)7-8/h8-10H,4-7H2,1-3H3. The molecule has 0 amide bonds. The predicted octanol–water partition coefficient (Wildman–Crippen LogP) is 3.47. The average Bonchev–Trinajstić information content (AvgIpc) is 1.84. The van der Waals surface area contributed by atoms with E-state index in [1.54, 1.807) is 12.8 Å². The van der Waals surface area contributed by atoms with Gasteiger partial charge in [0, 0.05) is 0 Å². The van der Waals surface area contributed by atoms with Crippen molar-refractivity contribution in [3.8, 4) is 0 Å². The zero-order chi connectivity index (χ0) is 8.06. The number of hydrogen-bond acceptors (Lipinski definition) is 0. The summed E-state index contributed by atoms with van der Waals surface area (Å²) in [6.07, 6.45) is 6.15. The first-order valence-corrected chi connectivity index (χ1v) is 5.07. The van der Waals surface area contributed by atoms with Gasteiger partial charge in [0.15, 0.2) is 0 Å². The van der Waals surface area contributed by atoms with Gasteiger partial charge in [0.1, 0.15) is 0 Å². The van der Waals surface area contributed by atoms with E-state index in [-0.39, 0.29) is 0 Å². The molecule has 1 atom stereocenters. The Hall–Kier alpha value is 0. The van der Waals surface area contributed by atoms with Crippen LogP contribution < -0.4 is 0 Å². The van der Waals surface area contributed by atoms with Crippen molar-refractivity contribution in [1.82, 2.24) is 0 Å². The van der Waals surface area contributed by atoms with E-state index in [1.165, 1.54) is 12.8 Å². The summed E-state index contributed by atoms with van der Waals surface area (Å²) in [5, 5.41) is 0. The molecule has 3 rings (SSSR count). The molecule has 0 aromatic rings. The van der Waals surface area contributed by atoms with Crippen LogP contribution in [0.1, 0.15) is 46.5 Å². The first-order valence-electron chi connectivity index (χ1n) is 5.07. The Morgan fingerprint density at radius 3 is 1.91 bits per heavy atom. The van der Waals surface area contributed by atoms with Gasteiger partial charge >= 0.3 is 0 Å². The molecule has 1 unspecified atom stereocenters. The minimum absolute atomic E-state index is 0.579. The van der Waals surface area contributed by atoms with Gasteiger partial charge in [0.2, 0.25) is 0 Å². The van der Waals surface area contributed by atoms with E-state index in [0.29, 0.717) is 5.41 Å². The lowest BCUT2D eigenvalue weighted by Gasteiger charge is -2.51. The molecule has 0 aliphatic heterocycles. The Bertz CT molecular complexity index is 143. The van der Waals surface area contributed by atoms with Crippen LogP contribution in [0, 0.1) is 23.2 Å². The van der Waals surface area contributed by atoms with Crippen molar-refractivity contribution in [3.63, 3.8) is 0 Å². The van der Waals surface area contributed by atoms with Gasteiger partial charge in [0.25, 0.3) is 0 Å². The van der Waals surface area contributed by atoms with Gasteiger partial charge in [-0.05, 0) is 42.4 Å². The van der Waals surface area contributed by atoms with E-state index in [4.69, 9.17) is 0 Å². The van der Waals surface area contributed by atoms with Crippen LogP contribution >= 0.6 is 0 Å². The van der Waals surface area contributed by atoms with Crippen LogP contribution in [-0.2, 0) is 0 Å². The van der Waals surface area contributed by atoms with Crippen LogP contribution in [0.4, 0.5) is 0 Å². The summed E-state index contributed by atoms with van der Waals surface area (Å²) in [5.41, 5.74) is 0.579. The monoisotopic (exact) mass is 152 g/mol. The second kappa shape index (κ2) is 2.24. The first-order chi connectivity index (χ1) is 5.07. The van der Waals surface area contributed by atoms with E-state index >= 15 is 0 Å². The van der Waals surface area contributed by atoms with Gasteiger partial charge < -0.3 is 0 Å². The van der Waals surface area contributed by atoms with Crippen LogP contribution in [0.15, 0.2) is 0 Å². The van der Waals surface area contributed by atoms with Gasteiger partial charge in [-0.3, -0.25) is 0 Å². The Morgan fingerprint density at radius 2 is 1.64 bits per heavy atom. The molecule has 0 radical (unpaired) electrons. The van der Waals surface area contributed by atoms with Crippen molar-refractivity contribution in [2.45, 2.75) is 46.5 Å². The molecular weight excluding hydrogens is 132 g/mol. The van der Waals surface area contributed by atoms with E-state index in [2.05, 4.69) is 20.8 Å². The maximum Gasteiger partial charge on any atom is -0.0337 e. The molecule has 0 aromatic carbocycles. The molecule has 3 aliphatic rings. The zero-order valence-electron chi connectivity index (χ0n) is 8.06. The highest BCUT2D eigenvalue weighted by molar-refractivity contribution is 4.94. The molecule has 0 saturated heterocycles. The second-order valence-electron chi connectivity index (χ2n) is 5.65. The van der Waals surface area contributed by atoms with Gasteiger partial charge in [-0.25, -0.2) is 0 Å². The molecule has 64 valence electrons. The molecule has 2 bridgehead atoms. The summed E-state index contributed by atoms with van der Waals surface area (Å²) in [6, 6.07) is 0. The Morgan fingerprint density at radius 1 is 1.00 bits per heavy atom. The SMILES string of the molecule is CC(C)(C)C1CCC2CC1C2. The molecule has 0 heterocycles. The summed E-state index contributed by atoms with van der Waals surface area (Å²) >= 11 is 0. The molecule has 3 saturated carbocycles. The highest BCUT2D eigenvalue weighted by atomic mass is 14.5. The molecule has 11 heavy (non-hydrogen) atoms. The molecule has 0 spiro atoms. The maximum absolute atomic E-state index is 2.41. The van der Waals surface area contributed by atoms with Gasteiger partial charge in [0.05, 0.1) is 0 Å². The topological polar surface area (TPSA) is 0 Å². The highest BCUT2D eigenvalue weighted by Gasteiger charge is 2.44. The van der Waals surface area contributed by atoms with Crippen LogP contribution in [0.25, 0.3) is 0 Å². The van der Waals surface area contributed by atoms with Crippen molar-refractivity contribution < 1.29 is 0 Å². The zero-order valence-corrected chi connectivity index (χ0v) is 8.06. The number of hydrogen-bond donors (Lipinski definition) is 0.